The number of aromatic nitrogens is 3. The van der Waals surface area contributed by atoms with E-state index >= 15 is 0 Å². The zero-order chi connectivity index (χ0) is 26.2. The van der Waals surface area contributed by atoms with Crippen LogP contribution in [0.2, 0.25) is 0 Å². The fourth-order valence-electron chi connectivity index (χ4n) is 4.02. The number of fused-ring (bicyclic) bond motifs is 1. The molecule has 5 N–H and O–H groups in total. The number of carbonyl (C=O) groups is 1. The molecule has 11 heteroatoms. The van der Waals surface area contributed by atoms with Crippen molar-refractivity contribution in [2.45, 2.75) is 6.18 Å². The SMILES string of the molecule is Nc1n[nH]c2c(-c3ccncc3)ccc(-c3ccc(NC(=O)Nc4ccc(F)c(C(F)(F)F)c4)cc3)c12. The highest BCUT2D eigenvalue weighted by molar-refractivity contribution is 6.08. The Hall–Kier alpha value is -4.93. The smallest absolute Gasteiger partial charge is 0.382 e. The summed E-state index contributed by atoms with van der Waals surface area (Å²) in [6.07, 6.45) is -1.49. The maximum Gasteiger partial charge on any atom is 0.419 e. The maximum absolute atomic E-state index is 13.5. The number of urea groups is 1. The van der Waals surface area contributed by atoms with E-state index in [0.717, 1.165) is 39.2 Å². The molecule has 5 aromatic rings. The van der Waals surface area contributed by atoms with Gasteiger partial charge in [0.15, 0.2) is 5.82 Å². The van der Waals surface area contributed by atoms with Crippen LogP contribution in [0.25, 0.3) is 33.2 Å². The number of hydrogen-bond acceptors (Lipinski definition) is 4. The quantitative estimate of drug-likeness (QED) is 0.204. The highest BCUT2D eigenvalue weighted by Gasteiger charge is 2.34. The second-order valence-electron chi connectivity index (χ2n) is 8.10. The molecule has 186 valence electrons. The number of carbonyl (C=O) groups excluding carboxylic acids is 1. The second kappa shape index (κ2) is 9.26. The van der Waals surface area contributed by atoms with E-state index in [0.29, 0.717) is 23.6 Å². The highest BCUT2D eigenvalue weighted by atomic mass is 19.4. The maximum atomic E-state index is 13.5. The fourth-order valence-corrected chi connectivity index (χ4v) is 4.02. The Morgan fingerprint density at radius 3 is 2.16 bits per heavy atom. The average molecular weight is 506 g/mol. The monoisotopic (exact) mass is 506 g/mol. The molecule has 0 radical (unpaired) electrons. The number of aromatic amines is 1. The van der Waals surface area contributed by atoms with E-state index in [4.69, 9.17) is 5.73 Å². The predicted octanol–water partition coefficient (Wildman–Crippen LogP) is 6.68. The first-order chi connectivity index (χ1) is 17.7. The van der Waals surface area contributed by atoms with Crippen LogP contribution in [0, 0.1) is 5.82 Å². The summed E-state index contributed by atoms with van der Waals surface area (Å²) in [7, 11) is 0. The first kappa shape index (κ1) is 23.8. The molecule has 0 unspecified atom stereocenters. The summed E-state index contributed by atoms with van der Waals surface area (Å²) >= 11 is 0. The van der Waals surface area contributed by atoms with Crippen molar-refractivity contribution in [3.63, 3.8) is 0 Å². The lowest BCUT2D eigenvalue weighted by molar-refractivity contribution is -0.139. The predicted molar refractivity (Wildman–Crippen MR) is 133 cm³/mol. The van der Waals surface area contributed by atoms with Crippen LogP contribution < -0.4 is 16.4 Å². The van der Waals surface area contributed by atoms with Crippen molar-refractivity contribution in [1.29, 1.82) is 0 Å². The third-order valence-corrected chi connectivity index (χ3v) is 5.72. The number of hydrogen-bond donors (Lipinski definition) is 4. The molecule has 7 nitrogen and oxygen atoms in total. The van der Waals surface area contributed by atoms with Crippen molar-refractivity contribution in [3.8, 4) is 22.3 Å². The van der Waals surface area contributed by atoms with Gasteiger partial charge in [0.1, 0.15) is 5.82 Å². The van der Waals surface area contributed by atoms with Crippen molar-refractivity contribution < 1.29 is 22.4 Å². The zero-order valence-electron chi connectivity index (χ0n) is 18.9. The zero-order valence-corrected chi connectivity index (χ0v) is 18.9. The molecule has 2 heterocycles. The van der Waals surface area contributed by atoms with E-state index in [1.807, 2.05) is 24.3 Å². The Bertz CT molecular complexity index is 1600. The first-order valence-electron chi connectivity index (χ1n) is 10.9. The molecule has 0 saturated carbocycles. The van der Waals surface area contributed by atoms with Crippen LogP contribution in [0.4, 0.5) is 39.5 Å². The van der Waals surface area contributed by atoms with Gasteiger partial charge in [0, 0.05) is 29.3 Å². The highest BCUT2D eigenvalue weighted by Crippen LogP contribution is 2.37. The molecule has 37 heavy (non-hydrogen) atoms. The summed E-state index contributed by atoms with van der Waals surface area (Å²) in [4.78, 5) is 16.4. The summed E-state index contributed by atoms with van der Waals surface area (Å²) in [6, 6.07) is 15.9. The molecular weight excluding hydrogens is 488 g/mol. The van der Waals surface area contributed by atoms with Crippen molar-refractivity contribution in [3.05, 3.63) is 90.5 Å². The molecule has 0 atom stereocenters. The average Bonchev–Trinajstić information content (AvgIpc) is 3.27. The largest absolute Gasteiger partial charge is 0.419 e. The van der Waals surface area contributed by atoms with E-state index in [1.165, 1.54) is 0 Å². The van der Waals surface area contributed by atoms with Gasteiger partial charge in [-0.05, 0) is 59.2 Å². The number of nitrogens with zero attached hydrogens (tertiary/aromatic N) is 2. The molecule has 2 aromatic heterocycles. The van der Waals surface area contributed by atoms with Gasteiger partial charge in [0.2, 0.25) is 0 Å². The van der Waals surface area contributed by atoms with Gasteiger partial charge in [-0.3, -0.25) is 10.1 Å². The van der Waals surface area contributed by atoms with Crippen molar-refractivity contribution in [2.75, 3.05) is 16.4 Å². The molecule has 0 saturated heterocycles. The Morgan fingerprint density at radius 1 is 0.838 bits per heavy atom. The Balaban J connectivity index is 1.36. The van der Waals surface area contributed by atoms with Gasteiger partial charge < -0.3 is 16.4 Å². The van der Waals surface area contributed by atoms with E-state index in [9.17, 15) is 22.4 Å². The van der Waals surface area contributed by atoms with Gasteiger partial charge >= 0.3 is 12.2 Å². The number of H-pyrrole nitrogens is 1. The van der Waals surface area contributed by atoms with Gasteiger partial charge in [-0.15, -0.1) is 0 Å². The van der Waals surface area contributed by atoms with Crippen LogP contribution in [0.5, 0.6) is 0 Å². The summed E-state index contributed by atoms with van der Waals surface area (Å²) in [5.41, 5.74) is 9.14. The normalized spacial score (nSPS) is 11.5. The number of benzene rings is 3. The molecule has 0 aliphatic carbocycles. The summed E-state index contributed by atoms with van der Waals surface area (Å²) in [6.45, 7) is 0. The third-order valence-electron chi connectivity index (χ3n) is 5.72. The van der Waals surface area contributed by atoms with Gasteiger partial charge in [-0.2, -0.15) is 18.3 Å². The Labute approximate surface area is 207 Å². The van der Waals surface area contributed by atoms with Crippen molar-refractivity contribution in [1.82, 2.24) is 15.2 Å². The number of alkyl halides is 3. The van der Waals surface area contributed by atoms with Crippen molar-refractivity contribution >= 4 is 34.1 Å². The molecule has 0 bridgehead atoms. The number of nitrogens with one attached hydrogen (secondary N) is 3. The lowest BCUT2D eigenvalue weighted by Crippen LogP contribution is -2.20. The summed E-state index contributed by atoms with van der Waals surface area (Å²) in [5.74, 6) is -1.09. The van der Waals surface area contributed by atoms with E-state index in [2.05, 4.69) is 25.8 Å². The minimum absolute atomic E-state index is 0.199. The number of nitrogen functional groups attached to an aromatic ring is 1. The van der Waals surface area contributed by atoms with Gasteiger partial charge in [0.05, 0.1) is 16.5 Å². The minimum atomic E-state index is -4.88. The molecule has 3 aromatic carbocycles. The van der Waals surface area contributed by atoms with Gasteiger partial charge in [-0.1, -0.05) is 24.3 Å². The van der Waals surface area contributed by atoms with E-state index < -0.39 is 23.6 Å². The van der Waals surface area contributed by atoms with Gasteiger partial charge in [-0.25, -0.2) is 9.18 Å². The second-order valence-corrected chi connectivity index (χ2v) is 8.10. The lowest BCUT2D eigenvalue weighted by Gasteiger charge is -2.12. The van der Waals surface area contributed by atoms with Crippen LogP contribution in [0.3, 0.4) is 0 Å². The first-order valence-corrected chi connectivity index (χ1v) is 10.9. The number of pyridine rings is 1. The molecule has 5 rings (SSSR count). The van der Waals surface area contributed by atoms with Crippen molar-refractivity contribution in [2.24, 2.45) is 0 Å². The number of nitrogens with two attached hydrogens (primary N) is 1. The molecule has 0 aliphatic heterocycles. The van der Waals surface area contributed by atoms with E-state index in [-0.39, 0.29) is 5.69 Å². The van der Waals surface area contributed by atoms with E-state index in [1.54, 1.807) is 36.7 Å². The van der Waals surface area contributed by atoms with Crippen LogP contribution >= 0.6 is 0 Å². The molecule has 0 spiro atoms. The molecule has 0 aliphatic rings. The molecule has 2 amide bonds. The summed E-state index contributed by atoms with van der Waals surface area (Å²) < 4.78 is 52.2. The molecular formula is C26H18F4N6O. The summed E-state index contributed by atoms with van der Waals surface area (Å²) in [5, 5.41) is 12.7. The number of amides is 2. The Kier molecular flexibility index (Phi) is 5.96. The van der Waals surface area contributed by atoms with Crippen LogP contribution in [-0.4, -0.2) is 21.2 Å². The number of anilines is 3. The third kappa shape index (κ3) is 4.79. The number of rotatable bonds is 4. The fraction of sp³-hybridized carbons (Fsp3) is 0.0385. The Morgan fingerprint density at radius 2 is 1.46 bits per heavy atom. The topological polar surface area (TPSA) is 109 Å². The standard InChI is InChI=1S/C26H18F4N6O/c27-21-8-5-17(13-20(21)26(28,29)30)34-25(37)33-16-3-1-14(2-4-16)18-6-7-19(15-9-11-32-12-10-15)23-22(18)24(31)36-35-23/h1-13H,(H3,31,35,36)(H2,33,34,37). The number of halogens is 4. The van der Waals surface area contributed by atoms with Crippen LogP contribution in [0.1, 0.15) is 5.56 Å². The van der Waals surface area contributed by atoms with Gasteiger partial charge in [0.25, 0.3) is 0 Å². The molecule has 0 fully saturated rings. The lowest BCUT2D eigenvalue weighted by atomic mass is 9.96. The van der Waals surface area contributed by atoms with Crippen LogP contribution in [-0.2, 0) is 6.18 Å². The van der Waals surface area contributed by atoms with Crippen LogP contribution in [0.15, 0.2) is 79.1 Å². The minimum Gasteiger partial charge on any atom is -0.382 e.